The molecule has 0 amide bonds. The van der Waals surface area contributed by atoms with E-state index in [1.807, 2.05) is 44.3 Å². The van der Waals surface area contributed by atoms with Gasteiger partial charge in [0.05, 0.1) is 13.2 Å². The summed E-state index contributed by atoms with van der Waals surface area (Å²) in [5.74, 6) is 0.591. The maximum absolute atomic E-state index is 13.3. The van der Waals surface area contributed by atoms with E-state index >= 15 is 0 Å². The average molecular weight is 288 g/mol. The molecule has 112 valence electrons. The van der Waals surface area contributed by atoms with E-state index in [-0.39, 0.29) is 11.9 Å². The van der Waals surface area contributed by atoms with Gasteiger partial charge in [0.15, 0.2) is 0 Å². The van der Waals surface area contributed by atoms with E-state index in [9.17, 15) is 4.39 Å². The zero-order chi connectivity index (χ0) is 15.4. The SMILES string of the molecule is COc1ccc(N(C)C(CN)c2ccc(F)cc2C)cc1. The van der Waals surface area contributed by atoms with Crippen molar-refractivity contribution in [3.63, 3.8) is 0 Å². The van der Waals surface area contributed by atoms with Crippen LogP contribution in [0.25, 0.3) is 0 Å². The molecule has 0 heterocycles. The molecule has 0 aliphatic carbocycles. The molecule has 0 saturated carbocycles. The fraction of sp³-hybridized carbons (Fsp3) is 0.294. The topological polar surface area (TPSA) is 38.5 Å². The van der Waals surface area contributed by atoms with Crippen molar-refractivity contribution in [1.82, 2.24) is 0 Å². The zero-order valence-electron chi connectivity index (χ0n) is 12.6. The summed E-state index contributed by atoms with van der Waals surface area (Å²) in [7, 11) is 3.63. The number of benzene rings is 2. The molecular weight excluding hydrogens is 267 g/mol. The fourth-order valence-corrected chi connectivity index (χ4v) is 2.50. The summed E-state index contributed by atoms with van der Waals surface area (Å²) in [4.78, 5) is 2.10. The van der Waals surface area contributed by atoms with E-state index in [0.717, 1.165) is 22.6 Å². The summed E-state index contributed by atoms with van der Waals surface area (Å²) < 4.78 is 18.4. The molecule has 1 atom stereocenters. The molecule has 0 aliphatic rings. The lowest BCUT2D eigenvalue weighted by Gasteiger charge is -2.30. The second-order valence-electron chi connectivity index (χ2n) is 5.06. The van der Waals surface area contributed by atoms with Crippen molar-refractivity contribution in [2.45, 2.75) is 13.0 Å². The average Bonchev–Trinajstić information content (AvgIpc) is 2.50. The number of rotatable bonds is 5. The molecule has 1 unspecified atom stereocenters. The van der Waals surface area contributed by atoms with Crippen molar-refractivity contribution < 1.29 is 9.13 Å². The summed E-state index contributed by atoms with van der Waals surface area (Å²) in [6.07, 6.45) is 0. The monoisotopic (exact) mass is 288 g/mol. The minimum Gasteiger partial charge on any atom is -0.497 e. The number of ether oxygens (including phenoxy) is 1. The number of halogens is 1. The maximum Gasteiger partial charge on any atom is 0.123 e. The molecule has 0 aromatic heterocycles. The van der Waals surface area contributed by atoms with Crippen molar-refractivity contribution in [3.8, 4) is 5.75 Å². The molecule has 3 nitrogen and oxygen atoms in total. The quantitative estimate of drug-likeness (QED) is 0.917. The summed E-state index contributed by atoms with van der Waals surface area (Å²) in [5, 5.41) is 0. The minimum absolute atomic E-state index is 0.000931. The second-order valence-corrected chi connectivity index (χ2v) is 5.06. The predicted molar refractivity (Wildman–Crippen MR) is 84.3 cm³/mol. The van der Waals surface area contributed by atoms with Gasteiger partial charge in [-0.2, -0.15) is 0 Å². The highest BCUT2D eigenvalue weighted by molar-refractivity contribution is 5.51. The summed E-state index contributed by atoms with van der Waals surface area (Å²) in [6, 6.07) is 12.6. The van der Waals surface area contributed by atoms with E-state index in [1.165, 1.54) is 6.07 Å². The Kier molecular flexibility index (Phi) is 4.81. The molecule has 0 fully saturated rings. The minimum atomic E-state index is -0.223. The highest BCUT2D eigenvalue weighted by atomic mass is 19.1. The Morgan fingerprint density at radius 3 is 2.38 bits per heavy atom. The molecule has 4 heteroatoms. The van der Waals surface area contributed by atoms with Gasteiger partial charge < -0.3 is 15.4 Å². The highest BCUT2D eigenvalue weighted by Crippen LogP contribution is 2.28. The van der Waals surface area contributed by atoms with E-state index in [4.69, 9.17) is 10.5 Å². The van der Waals surface area contributed by atoms with Crippen LogP contribution in [0.2, 0.25) is 0 Å². The molecule has 2 rings (SSSR count). The molecule has 0 spiro atoms. The van der Waals surface area contributed by atoms with Crippen LogP contribution in [0.1, 0.15) is 17.2 Å². The summed E-state index contributed by atoms with van der Waals surface area (Å²) in [6.45, 7) is 2.36. The molecule has 2 aromatic rings. The lowest BCUT2D eigenvalue weighted by Crippen LogP contribution is -2.31. The Morgan fingerprint density at radius 2 is 1.86 bits per heavy atom. The summed E-state index contributed by atoms with van der Waals surface area (Å²) >= 11 is 0. The molecule has 21 heavy (non-hydrogen) atoms. The Bertz CT molecular complexity index is 598. The van der Waals surface area contributed by atoms with E-state index in [0.29, 0.717) is 6.54 Å². The normalized spacial score (nSPS) is 12.0. The van der Waals surface area contributed by atoms with Gasteiger partial charge in [0, 0.05) is 19.3 Å². The third kappa shape index (κ3) is 3.34. The van der Waals surface area contributed by atoms with Crippen LogP contribution >= 0.6 is 0 Å². The number of hydrogen-bond acceptors (Lipinski definition) is 3. The smallest absolute Gasteiger partial charge is 0.123 e. The first-order chi connectivity index (χ1) is 10.1. The first-order valence-electron chi connectivity index (χ1n) is 6.89. The molecular formula is C17H21FN2O. The number of hydrogen-bond donors (Lipinski definition) is 1. The number of aryl methyl sites for hydroxylation is 1. The number of anilines is 1. The third-order valence-corrected chi connectivity index (χ3v) is 3.76. The number of methoxy groups -OCH3 is 1. The van der Waals surface area contributed by atoms with E-state index < -0.39 is 0 Å². The zero-order valence-corrected chi connectivity index (χ0v) is 12.6. The van der Waals surface area contributed by atoms with E-state index in [2.05, 4.69) is 4.90 Å². The standard InChI is InChI=1S/C17H21FN2O/c1-12-10-13(18)4-9-16(12)17(11-19)20(2)14-5-7-15(21-3)8-6-14/h4-10,17H,11,19H2,1-3H3. The number of nitrogens with two attached hydrogens (primary N) is 1. The van der Waals surface area contributed by atoms with Gasteiger partial charge in [-0.05, 0) is 54.4 Å². The van der Waals surface area contributed by atoms with Crippen LogP contribution in [-0.4, -0.2) is 20.7 Å². The van der Waals surface area contributed by atoms with Crippen LogP contribution in [0, 0.1) is 12.7 Å². The van der Waals surface area contributed by atoms with Gasteiger partial charge in [-0.3, -0.25) is 0 Å². The van der Waals surface area contributed by atoms with Crippen LogP contribution in [0.4, 0.5) is 10.1 Å². The highest BCUT2D eigenvalue weighted by Gasteiger charge is 2.18. The molecule has 2 aromatic carbocycles. The van der Waals surface area contributed by atoms with Crippen molar-refractivity contribution >= 4 is 5.69 Å². The van der Waals surface area contributed by atoms with Crippen LogP contribution in [0.5, 0.6) is 5.75 Å². The lowest BCUT2D eigenvalue weighted by atomic mass is 9.99. The van der Waals surface area contributed by atoms with Crippen molar-refractivity contribution in [1.29, 1.82) is 0 Å². The molecule has 0 bridgehead atoms. The Morgan fingerprint density at radius 1 is 1.19 bits per heavy atom. The first kappa shape index (κ1) is 15.3. The largest absolute Gasteiger partial charge is 0.497 e. The van der Waals surface area contributed by atoms with Gasteiger partial charge in [0.25, 0.3) is 0 Å². The van der Waals surface area contributed by atoms with Crippen LogP contribution < -0.4 is 15.4 Å². The predicted octanol–water partition coefficient (Wildman–Crippen LogP) is 3.28. The maximum atomic E-state index is 13.3. The molecule has 2 N–H and O–H groups in total. The molecule has 0 saturated heterocycles. The van der Waals surface area contributed by atoms with Gasteiger partial charge in [0.1, 0.15) is 11.6 Å². The first-order valence-corrected chi connectivity index (χ1v) is 6.89. The van der Waals surface area contributed by atoms with Crippen molar-refractivity contribution in [2.24, 2.45) is 5.73 Å². The number of nitrogens with zero attached hydrogens (tertiary/aromatic N) is 1. The Balaban J connectivity index is 2.30. The van der Waals surface area contributed by atoms with Gasteiger partial charge in [-0.1, -0.05) is 6.07 Å². The fourth-order valence-electron chi connectivity index (χ4n) is 2.50. The lowest BCUT2D eigenvalue weighted by molar-refractivity contribution is 0.415. The molecule has 0 aliphatic heterocycles. The van der Waals surface area contributed by atoms with Crippen molar-refractivity contribution in [2.75, 3.05) is 25.6 Å². The van der Waals surface area contributed by atoms with Gasteiger partial charge >= 0.3 is 0 Å². The van der Waals surface area contributed by atoms with Gasteiger partial charge in [0.2, 0.25) is 0 Å². The van der Waals surface area contributed by atoms with E-state index in [1.54, 1.807) is 13.2 Å². The molecule has 0 radical (unpaired) electrons. The summed E-state index contributed by atoms with van der Waals surface area (Å²) in [5.41, 5.74) is 8.93. The van der Waals surface area contributed by atoms with Gasteiger partial charge in [-0.15, -0.1) is 0 Å². The van der Waals surface area contributed by atoms with Gasteiger partial charge in [-0.25, -0.2) is 4.39 Å². The van der Waals surface area contributed by atoms with Crippen LogP contribution in [-0.2, 0) is 0 Å². The Hall–Kier alpha value is -2.07. The second kappa shape index (κ2) is 6.59. The van der Waals surface area contributed by atoms with Crippen molar-refractivity contribution in [3.05, 3.63) is 59.4 Å². The number of likely N-dealkylation sites (N-methyl/N-ethyl adjacent to an activating group) is 1. The Labute approximate surface area is 125 Å². The van der Waals surface area contributed by atoms with Crippen LogP contribution in [0.15, 0.2) is 42.5 Å². The third-order valence-electron chi connectivity index (χ3n) is 3.76. The van der Waals surface area contributed by atoms with Crippen LogP contribution in [0.3, 0.4) is 0 Å².